The van der Waals surface area contributed by atoms with Crippen molar-refractivity contribution >= 4 is 34.4 Å². The minimum absolute atomic E-state index is 0.107. The molecule has 3 heterocycles. The van der Waals surface area contributed by atoms with Gasteiger partial charge in [-0.05, 0) is 30.2 Å². The monoisotopic (exact) mass is 370 g/mol. The molecule has 1 amide bonds. The quantitative estimate of drug-likeness (QED) is 0.660. The maximum Gasteiger partial charge on any atom is 0.341 e. The van der Waals surface area contributed by atoms with E-state index in [2.05, 4.69) is 4.98 Å². The summed E-state index contributed by atoms with van der Waals surface area (Å²) in [5.41, 5.74) is 2.26. The van der Waals surface area contributed by atoms with Gasteiger partial charge in [0, 0.05) is 24.3 Å². The molecule has 1 aromatic carbocycles. The Morgan fingerprint density at radius 1 is 1.38 bits per heavy atom. The summed E-state index contributed by atoms with van der Waals surface area (Å²) in [5.74, 6) is -0.163. The molecular weight excluding hydrogens is 356 g/mol. The fourth-order valence-corrected chi connectivity index (χ4v) is 3.44. The molecule has 0 fully saturated rings. The number of hydrogen-bond acceptors (Lipinski definition) is 5. The molecule has 1 aliphatic rings. The van der Waals surface area contributed by atoms with E-state index in [0.717, 1.165) is 12.0 Å². The Balaban J connectivity index is 1.69. The molecule has 0 saturated heterocycles. The maximum absolute atomic E-state index is 12.7. The zero-order valence-electron chi connectivity index (χ0n) is 14.0. The normalized spacial score (nSPS) is 13.8. The lowest BCUT2D eigenvalue weighted by molar-refractivity contribution is 0.0600. The molecule has 26 heavy (non-hydrogen) atoms. The molecule has 0 bridgehead atoms. The van der Waals surface area contributed by atoms with Crippen molar-refractivity contribution in [2.75, 3.05) is 13.7 Å². The first kappa shape index (κ1) is 16.6. The lowest BCUT2D eigenvalue weighted by Crippen LogP contribution is -2.37. The Hall–Kier alpha value is -2.86. The van der Waals surface area contributed by atoms with Gasteiger partial charge < -0.3 is 14.1 Å². The molecule has 4 rings (SSSR count). The average molecular weight is 371 g/mol. The summed E-state index contributed by atoms with van der Waals surface area (Å²) in [7, 11) is 1.31. The molecule has 0 aliphatic carbocycles. The molecule has 2 aromatic heterocycles. The van der Waals surface area contributed by atoms with Gasteiger partial charge >= 0.3 is 5.97 Å². The molecule has 3 aromatic rings. The third-order valence-corrected chi connectivity index (χ3v) is 4.96. The number of methoxy groups -OCH3 is 1. The second-order valence-electron chi connectivity index (χ2n) is 6.02. The van der Waals surface area contributed by atoms with Crippen LogP contribution in [0.25, 0.3) is 11.0 Å². The minimum atomic E-state index is -0.499. The van der Waals surface area contributed by atoms with Gasteiger partial charge in [-0.2, -0.15) is 0 Å². The Bertz CT molecular complexity index is 1030. The van der Waals surface area contributed by atoms with Gasteiger partial charge in [0.05, 0.1) is 24.2 Å². The predicted octanol–water partition coefficient (Wildman–Crippen LogP) is 3.47. The van der Waals surface area contributed by atoms with Gasteiger partial charge in [-0.3, -0.25) is 9.78 Å². The van der Waals surface area contributed by atoms with Crippen LogP contribution in [-0.4, -0.2) is 35.4 Å². The van der Waals surface area contributed by atoms with E-state index in [-0.39, 0.29) is 12.5 Å². The smallest absolute Gasteiger partial charge is 0.341 e. The number of pyridine rings is 1. The van der Waals surface area contributed by atoms with Crippen LogP contribution in [0.4, 0.5) is 0 Å². The molecule has 0 radical (unpaired) electrons. The summed E-state index contributed by atoms with van der Waals surface area (Å²) in [6, 6.07) is 6.97. The third-order valence-electron chi connectivity index (χ3n) is 4.54. The first-order chi connectivity index (χ1) is 12.6. The van der Waals surface area contributed by atoms with E-state index in [1.807, 2.05) is 6.07 Å². The third kappa shape index (κ3) is 2.63. The van der Waals surface area contributed by atoms with Crippen LogP contribution in [-0.2, 0) is 17.7 Å². The molecular formula is C19H15ClN2O4. The second kappa shape index (κ2) is 6.46. The van der Waals surface area contributed by atoms with E-state index in [1.165, 1.54) is 7.11 Å². The van der Waals surface area contributed by atoms with Crippen molar-refractivity contribution in [2.24, 2.45) is 0 Å². The highest BCUT2D eigenvalue weighted by atomic mass is 35.5. The number of esters is 1. The van der Waals surface area contributed by atoms with Gasteiger partial charge in [0.1, 0.15) is 16.9 Å². The predicted molar refractivity (Wildman–Crippen MR) is 95.2 cm³/mol. The first-order valence-electron chi connectivity index (χ1n) is 8.10. The van der Waals surface area contributed by atoms with Crippen LogP contribution in [0.5, 0.6) is 0 Å². The van der Waals surface area contributed by atoms with E-state index in [1.54, 1.807) is 35.5 Å². The fourth-order valence-electron chi connectivity index (χ4n) is 3.20. The molecule has 0 N–H and O–H groups in total. The van der Waals surface area contributed by atoms with Crippen molar-refractivity contribution in [1.82, 2.24) is 9.88 Å². The van der Waals surface area contributed by atoms with Crippen molar-refractivity contribution in [3.05, 3.63) is 64.1 Å². The summed E-state index contributed by atoms with van der Waals surface area (Å²) in [6.07, 6.45) is 4.01. The van der Waals surface area contributed by atoms with E-state index in [4.69, 9.17) is 20.8 Å². The summed E-state index contributed by atoms with van der Waals surface area (Å²) in [5, 5.41) is 1.02. The summed E-state index contributed by atoms with van der Waals surface area (Å²) in [6.45, 7) is 0.786. The largest absolute Gasteiger partial charge is 0.465 e. The SMILES string of the molecule is COC(=O)c1cccc2c(Cl)c(CN3CCc4ccncc4C3=O)oc12. The zero-order chi connectivity index (χ0) is 18.3. The first-order valence-corrected chi connectivity index (χ1v) is 8.48. The number of benzene rings is 1. The van der Waals surface area contributed by atoms with Crippen molar-refractivity contribution in [1.29, 1.82) is 0 Å². The lowest BCUT2D eigenvalue weighted by atomic mass is 10.0. The Labute approximate surface area is 154 Å². The van der Waals surface area contributed by atoms with Gasteiger partial charge in [-0.1, -0.05) is 17.7 Å². The van der Waals surface area contributed by atoms with Gasteiger partial charge in [0.15, 0.2) is 0 Å². The van der Waals surface area contributed by atoms with Gasteiger partial charge in [-0.25, -0.2) is 4.79 Å². The minimum Gasteiger partial charge on any atom is -0.465 e. The Morgan fingerprint density at radius 3 is 3.04 bits per heavy atom. The molecule has 0 unspecified atom stereocenters. The lowest BCUT2D eigenvalue weighted by Gasteiger charge is -2.27. The number of carbonyl (C=O) groups is 2. The van der Waals surface area contributed by atoms with Crippen LogP contribution in [0.15, 0.2) is 41.1 Å². The summed E-state index contributed by atoms with van der Waals surface area (Å²) in [4.78, 5) is 30.3. The van der Waals surface area contributed by atoms with Crippen LogP contribution in [0.2, 0.25) is 5.02 Å². The molecule has 0 spiro atoms. The number of para-hydroxylation sites is 1. The number of furan rings is 1. The number of amides is 1. The Kier molecular flexibility index (Phi) is 4.12. The highest BCUT2D eigenvalue weighted by molar-refractivity contribution is 6.36. The van der Waals surface area contributed by atoms with E-state index < -0.39 is 5.97 Å². The molecule has 0 saturated carbocycles. The van der Waals surface area contributed by atoms with Crippen molar-refractivity contribution in [3.8, 4) is 0 Å². The fraction of sp³-hybridized carbons (Fsp3) is 0.211. The number of aromatic nitrogens is 1. The van der Waals surface area contributed by atoms with Crippen LogP contribution in [0.1, 0.15) is 32.0 Å². The Morgan fingerprint density at radius 2 is 2.23 bits per heavy atom. The number of nitrogens with zero attached hydrogens (tertiary/aromatic N) is 2. The van der Waals surface area contributed by atoms with Crippen LogP contribution < -0.4 is 0 Å². The van der Waals surface area contributed by atoms with Gasteiger partial charge in [0.2, 0.25) is 0 Å². The van der Waals surface area contributed by atoms with Crippen LogP contribution in [0.3, 0.4) is 0 Å². The van der Waals surface area contributed by atoms with E-state index in [9.17, 15) is 9.59 Å². The second-order valence-corrected chi connectivity index (χ2v) is 6.40. The number of hydrogen-bond donors (Lipinski definition) is 0. The molecule has 132 valence electrons. The number of ether oxygens (including phenoxy) is 1. The highest BCUT2D eigenvalue weighted by Gasteiger charge is 2.27. The van der Waals surface area contributed by atoms with Gasteiger partial charge in [0.25, 0.3) is 5.91 Å². The number of rotatable bonds is 3. The van der Waals surface area contributed by atoms with Gasteiger partial charge in [-0.15, -0.1) is 0 Å². The molecule has 7 heteroatoms. The molecule has 1 aliphatic heterocycles. The summed E-state index contributed by atoms with van der Waals surface area (Å²) < 4.78 is 10.6. The zero-order valence-corrected chi connectivity index (χ0v) is 14.7. The number of halogens is 1. The van der Waals surface area contributed by atoms with Crippen molar-refractivity contribution in [2.45, 2.75) is 13.0 Å². The topological polar surface area (TPSA) is 72.6 Å². The van der Waals surface area contributed by atoms with Crippen molar-refractivity contribution < 1.29 is 18.7 Å². The highest BCUT2D eigenvalue weighted by Crippen LogP contribution is 2.34. The average Bonchev–Trinajstić information content (AvgIpc) is 2.99. The van der Waals surface area contributed by atoms with Crippen LogP contribution in [0, 0.1) is 0 Å². The molecule has 0 atom stereocenters. The number of fused-ring (bicyclic) bond motifs is 2. The summed E-state index contributed by atoms with van der Waals surface area (Å²) >= 11 is 6.45. The van der Waals surface area contributed by atoms with E-state index >= 15 is 0 Å². The standard InChI is InChI=1S/C19H15ClN2O4/c1-25-19(24)13-4-2-3-12-16(20)15(26-17(12)13)10-22-8-6-11-5-7-21-9-14(11)18(22)23/h2-5,7,9H,6,8,10H2,1H3. The molecule has 6 nitrogen and oxygen atoms in total. The van der Waals surface area contributed by atoms with E-state index in [0.29, 0.717) is 39.4 Å². The van der Waals surface area contributed by atoms with Crippen LogP contribution >= 0.6 is 11.6 Å². The number of carbonyl (C=O) groups excluding carboxylic acids is 2. The van der Waals surface area contributed by atoms with Crippen molar-refractivity contribution in [3.63, 3.8) is 0 Å². The maximum atomic E-state index is 12.7.